The summed E-state index contributed by atoms with van der Waals surface area (Å²) in [5, 5.41) is 12.4. The molecule has 2 aliphatic heterocycles. The molecule has 10 nitrogen and oxygen atoms in total. The second-order valence-electron chi connectivity index (χ2n) is 15.9. The molecule has 47 heavy (non-hydrogen) atoms. The molecule has 0 spiro atoms. The topological polar surface area (TPSA) is 107 Å². The Labute approximate surface area is 279 Å². The third-order valence-electron chi connectivity index (χ3n) is 12.0. The minimum Gasteiger partial charge on any atom is -0.404 e. The number of nitrogens with zero attached hydrogens (tertiary/aromatic N) is 4. The van der Waals surface area contributed by atoms with E-state index in [1.165, 1.54) is 6.42 Å². The number of aromatic nitrogens is 2. The highest BCUT2D eigenvalue weighted by Crippen LogP contribution is 2.65. The van der Waals surface area contributed by atoms with Gasteiger partial charge >= 0.3 is 7.12 Å². The number of hydrogen-bond donors (Lipinski definition) is 1. The fourth-order valence-corrected chi connectivity index (χ4v) is 9.30. The molecule has 5 fully saturated rings. The van der Waals surface area contributed by atoms with Gasteiger partial charge in [0.05, 0.1) is 42.1 Å². The first-order valence-corrected chi connectivity index (χ1v) is 17.7. The molecule has 3 heterocycles. The van der Waals surface area contributed by atoms with E-state index >= 15 is 0 Å². The molecule has 1 aromatic heterocycles. The Morgan fingerprint density at radius 1 is 1.15 bits per heavy atom. The molecule has 2 aromatic rings. The van der Waals surface area contributed by atoms with Gasteiger partial charge in [-0.25, -0.2) is 4.68 Å². The smallest absolute Gasteiger partial charge is 0.404 e. The molecule has 1 unspecified atom stereocenters. The van der Waals surface area contributed by atoms with Crippen LogP contribution in [0, 0.1) is 23.2 Å². The van der Waals surface area contributed by atoms with Gasteiger partial charge in [0.2, 0.25) is 12.0 Å². The molecule has 2 amide bonds. The van der Waals surface area contributed by atoms with Crippen molar-refractivity contribution in [3.8, 4) is 0 Å². The van der Waals surface area contributed by atoms with E-state index in [4.69, 9.17) is 14.1 Å². The van der Waals surface area contributed by atoms with Crippen molar-refractivity contribution in [3.05, 3.63) is 48.2 Å². The molecule has 4 aliphatic carbocycles. The van der Waals surface area contributed by atoms with Gasteiger partial charge < -0.3 is 19.5 Å². The Balaban J connectivity index is 1.10. The van der Waals surface area contributed by atoms with E-state index in [0.717, 1.165) is 49.9 Å². The molecule has 6 aliphatic rings. The fourth-order valence-electron chi connectivity index (χ4n) is 9.30. The van der Waals surface area contributed by atoms with Gasteiger partial charge in [-0.1, -0.05) is 76.0 Å². The molecule has 252 valence electrons. The Bertz CT molecular complexity index is 1490. The van der Waals surface area contributed by atoms with Crippen molar-refractivity contribution in [1.82, 2.24) is 15.1 Å². The SMILES string of the molecule is CC(C)C[C@H](NC(=O)C1(Cc2ccccc2)CC(CN(C=O)c2ccnn2C2CCCC2)=NO1)B1O[C@@H]2C[C@@H]3C[C@@H](C3(C)C)[C@]2(C)O1. The van der Waals surface area contributed by atoms with Gasteiger partial charge in [0, 0.05) is 18.9 Å². The van der Waals surface area contributed by atoms with Crippen LogP contribution in [0.4, 0.5) is 5.82 Å². The lowest BCUT2D eigenvalue weighted by molar-refractivity contribution is -0.199. The van der Waals surface area contributed by atoms with E-state index in [0.29, 0.717) is 36.3 Å². The number of benzene rings is 1. The lowest BCUT2D eigenvalue weighted by atomic mass is 9.43. The number of carbonyl (C=O) groups excluding carboxylic acids is 2. The number of oxime groups is 1. The zero-order valence-electron chi connectivity index (χ0n) is 28.6. The standard InChI is InChI=1S/C36H50BN5O5/c1-24(2)17-31(37-45-30-19-26-18-29(34(26,3)4)35(30,5)46-37)39-33(44)36(20-25-11-7-6-8-12-25)21-27(40-47-36)22-41(23-43)32-15-16-38-42(32)28-13-9-10-14-28/h6-8,11-12,15-16,23-24,26,28-31H,9-10,13-14,17-22H2,1-5H3,(H,39,44)/t26-,29-,30+,31-,35-,36?/m0/s1. The molecule has 11 heteroatoms. The quantitative estimate of drug-likeness (QED) is 0.241. The largest absolute Gasteiger partial charge is 0.481 e. The zero-order valence-corrected chi connectivity index (χ0v) is 28.6. The molecule has 1 aromatic carbocycles. The van der Waals surface area contributed by atoms with Crippen LogP contribution >= 0.6 is 0 Å². The summed E-state index contributed by atoms with van der Waals surface area (Å²) in [5.41, 5.74) is 0.200. The van der Waals surface area contributed by atoms with E-state index in [9.17, 15) is 9.59 Å². The number of hydrogen-bond acceptors (Lipinski definition) is 7. The number of amides is 2. The van der Waals surface area contributed by atoms with E-state index in [2.05, 4.69) is 50.2 Å². The van der Waals surface area contributed by atoms with Crippen molar-refractivity contribution < 1.29 is 23.7 Å². The fraction of sp³-hybridized carbons (Fsp3) is 0.667. The van der Waals surface area contributed by atoms with Crippen molar-refractivity contribution in [1.29, 1.82) is 0 Å². The lowest BCUT2D eigenvalue weighted by Gasteiger charge is -2.64. The minimum absolute atomic E-state index is 0.0266. The third kappa shape index (κ3) is 5.81. The van der Waals surface area contributed by atoms with Gasteiger partial charge in [-0.15, -0.1) is 0 Å². The van der Waals surface area contributed by atoms with Crippen molar-refractivity contribution in [2.75, 3.05) is 11.4 Å². The molecule has 4 saturated carbocycles. The van der Waals surface area contributed by atoms with E-state index in [1.807, 2.05) is 41.1 Å². The summed E-state index contributed by atoms with van der Waals surface area (Å²) in [6.45, 7) is 11.4. The predicted molar refractivity (Wildman–Crippen MR) is 181 cm³/mol. The summed E-state index contributed by atoms with van der Waals surface area (Å²) in [6.07, 6.45) is 10.5. The highest BCUT2D eigenvalue weighted by Gasteiger charge is 2.68. The van der Waals surface area contributed by atoms with Gasteiger partial charge in [0.1, 0.15) is 5.82 Å². The van der Waals surface area contributed by atoms with Gasteiger partial charge in [-0.2, -0.15) is 5.10 Å². The second-order valence-corrected chi connectivity index (χ2v) is 15.9. The summed E-state index contributed by atoms with van der Waals surface area (Å²) in [4.78, 5) is 34.8. The highest BCUT2D eigenvalue weighted by atomic mass is 16.7. The van der Waals surface area contributed by atoms with Crippen LogP contribution in [-0.4, -0.2) is 64.7 Å². The lowest BCUT2D eigenvalue weighted by Crippen LogP contribution is -2.65. The second kappa shape index (κ2) is 12.4. The first-order chi connectivity index (χ1) is 22.5. The Kier molecular flexibility index (Phi) is 8.52. The number of carbonyl (C=O) groups is 2. The van der Waals surface area contributed by atoms with Crippen LogP contribution in [-0.2, 0) is 30.2 Å². The summed E-state index contributed by atoms with van der Waals surface area (Å²) in [5.74, 6) is 1.53. The van der Waals surface area contributed by atoms with Crippen LogP contribution in [0.2, 0.25) is 0 Å². The van der Waals surface area contributed by atoms with E-state index in [-0.39, 0.29) is 48.0 Å². The maximum atomic E-state index is 14.5. The highest BCUT2D eigenvalue weighted by molar-refractivity contribution is 6.48. The molecule has 8 rings (SSSR count). The monoisotopic (exact) mass is 643 g/mol. The van der Waals surface area contributed by atoms with Crippen LogP contribution in [0.5, 0.6) is 0 Å². The summed E-state index contributed by atoms with van der Waals surface area (Å²) >= 11 is 0. The van der Waals surface area contributed by atoms with Crippen LogP contribution in [0.15, 0.2) is 47.8 Å². The van der Waals surface area contributed by atoms with Gasteiger partial charge in [0.25, 0.3) is 5.91 Å². The van der Waals surface area contributed by atoms with Crippen molar-refractivity contribution in [2.45, 2.75) is 122 Å². The summed E-state index contributed by atoms with van der Waals surface area (Å²) in [6, 6.07) is 12.1. The minimum atomic E-state index is -1.27. The average molecular weight is 644 g/mol. The van der Waals surface area contributed by atoms with Gasteiger partial charge in [0.15, 0.2) is 0 Å². The Hall–Kier alpha value is -3.18. The number of anilines is 1. The molecule has 1 N–H and O–H groups in total. The molecule has 0 radical (unpaired) electrons. The van der Waals surface area contributed by atoms with Crippen molar-refractivity contribution >= 4 is 31.0 Å². The maximum Gasteiger partial charge on any atom is 0.481 e. The normalized spacial score (nSPS) is 31.6. The van der Waals surface area contributed by atoms with Crippen LogP contribution in [0.25, 0.3) is 0 Å². The Morgan fingerprint density at radius 2 is 1.91 bits per heavy atom. The average Bonchev–Trinajstić information content (AvgIpc) is 3.85. The summed E-state index contributed by atoms with van der Waals surface area (Å²) < 4.78 is 15.5. The molecular weight excluding hydrogens is 593 g/mol. The Morgan fingerprint density at radius 3 is 2.62 bits per heavy atom. The molecule has 6 atom stereocenters. The van der Waals surface area contributed by atoms with Gasteiger partial charge in [-0.05, 0) is 67.8 Å². The van der Waals surface area contributed by atoms with Crippen molar-refractivity contribution in [3.63, 3.8) is 0 Å². The predicted octanol–water partition coefficient (Wildman–Crippen LogP) is 5.52. The molecule has 2 bridgehead atoms. The third-order valence-corrected chi connectivity index (χ3v) is 12.0. The first kappa shape index (κ1) is 32.4. The number of rotatable bonds is 12. The van der Waals surface area contributed by atoms with E-state index < -0.39 is 12.7 Å². The van der Waals surface area contributed by atoms with E-state index in [1.54, 1.807) is 11.1 Å². The summed E-state index contributed by atoms with van der Waals surface area (Å²) in [7, 11) is -0.538. The van der Waals surface area contributed by atoms with Crippen molar-refractivity contribution in [2.24, 2.45) is 28.3 Å². The van der Waals surface area contributed by atoms with Crippen LogP contribution < -0.4 is 10.2 Å². The zero-order chi connectivity index (χ0) is 33.0. The molecule has 1 saturated heterocycles. The first-order valence-electron chi connectivity index (χ1n) is 17.7. The maximum absolute atomic E-state index is 14.5. The van der Waals surface area contributed by atoms with Crippen LogP contribution in [0.3, 0.4) is 0 Å². The number of nitrogens with one attached hydrogen (secondary N) is 1. The van der Waals surface area contributed by atoms with Crippen LogP contribution in [0.1, 0.15) is 97.6 Å². The van der Waals surface area contributed by atoms with Gasteiger partial charge in [-0.3, -0.25) is 14.5 Å². The molecular formula is C36H50BN5O5.